The molecular formula is C25H19FN2O2. The van der Waals surface area contributed by atoms with E-state index in [4.69, 9.17) is 0 Å². The van der Waals surface area contributed by atoms with Gasteiger partial charge in [0.2, 0.25) is 0 Å². The van der Waals surface area contributed by atoms with Crippen LogP contribution in [0, 0.1) is 5.82 Å². The summed E-state index contributed by atoms with van der Waals surface area (Å²) in [6.07, 6.45) is 1.78. The van der Waals surface area contributed by atoms with Gasteiger partial charge in [0.25, 0.3) is 11.8 Å². The molecule has 148 valence electrons. The van der Waals surface area contributed by atoms with Crippen molar-refractivity contribution in [3.05, 3.63) is 102 Å². The zero-order valence-corrected chi connectivity index (χ0v) is 16.2. The molecule has 2 heterocycles. The number of imide groups is 1. The molecule has 2 aliphatic rings. The van der Waals surface area contributed by atoms with Crippen LogP contribution < -0.4 is 9.80 Å². The van der Waals surface area contributed by atoms with Crippen LogP contribution in [0.25, 0.3) is 5.57 Å². The van der Waals surface area contributed by atoms with Gasteiger partial charge < -0.3 is 4.90 Å². The van der Waals surface area contributed by atoms with E-state index in [2.05, 4.69) is 0 Å². The topological polar surface area (TPSA) is 40.6 Å². The number of carbonyl (C=O) groups is 2. The molecule has 0 saturated heterocycles. The Balaban J connectivity index is 1.71. The maximum Gasteiger partial charge on any atom is 0.282 e. The van der Waals surface area contributed by atoms with Crippen LogP contribution in [0.15, 0.2) is 84.6 Å². The van der Waals surface area contributed by atoms with Gasteiger partial charge in [0, 0.05) is 12.2 Å². The highest BCUT2D eigenvalue weighted by Crippen LogP contribution is 2.39. The fourth-order valence-electron chi connectivity index (χ4n) is 4.25. The number of anilines is 2. The van der Waals surface area contributed by atoms with Crippen LogP contribution in [0.4, 0.5) is 15.8 Å². The third-order valence-corrected chi connectivity index (χ3v) is 5.60. The molecule has 4 nitrogen and oxygen atoms in total. The van der Waals surface area contributed by atoms with Gasteiger partial charge >= 0.3 is 0 Å². The van der Waals surface area contributed by atoms with Gasteiger partial charge in [-0.25, -0.2) is 9.29 Å². The highest BCUT2D eigenvalue weighted by Gasteiger charge is 2.44. The number of halogens is 1. The lowest BCUT2D eigenvalue weighted by atomic mass is 9.98. The van der Waals surface area contributed by atoms with Gasteiger partial charge in [-0.1, -0.05) is 60.7 Å². The molecule has 3 aromatic rings. The van der Waals surface area contributed by atoms with Gasteiger partial charge in [-0.3, -0.25) is 9.59 Å². The van der Waals surface area contributed by atoms with Crippen molar-refractivity contribution < 1.29 is 14.0 Å². The Morgan fingerprint density at radius 3 is 2.17 bits per heavy atom. The molecule has 2 aliphatic heterocycles. The van der Waals surface area contributed by atoms with Crippen LogP contribution in [-0.2, 0) is 16.0 Å². The Kier molecular flexibility index (Phi) is 4.43. The Labute approximate surface area is 173 Å². The van der Waals surface area contributed by atoms with Crippen LogP contribution in [0.5, 0.6) is 0 Å². The number of para-hydroxylation sites is 2. The van der Waals surface area contributed by atoms with Crippen molar-refractivity contribution in [2.75, 3.05) is 16.3 Å². The van der Waals surface area contributed by atoms with Gasteiger partial charge in [-0.05, 0) is 42.2 Å². The molecule has 2 amide bonds. The van der Waals surface area contributed by atoms with Gasteiger partial charge in [0.05, 0.1) is 11.3 Å². The first-order chi connectivity index (χ1) is 14.7. The maximum absolute atomic E-state index is 14.5. The third kappa shape index (κ3) is 2.82. The molecule has 0 aromatic heterocycles. The van der Waals surface area contributed by atoms with E-state index < -0.39 is 17.6 Å². The molecule has 0 radical (unpaired) electrons. The average Bonchev–Trinajstić information content (AvgIpc) is 3.04. The van der Waals surface area contributed by atoms with Gasteiger partial charge in [-0.2, -0.15) is 0 Å². The van der Waals surface area contributed by atoms with Crippen molar-refractivity contribution in [1.29, 1.82) is 0 Å². The molecule has 5 rings (SSSR count). The summed E-state index contributed by atoms with van der Waals surface area (Å²) in [5.74, 6) is -1.61. The second kappa shape index (κ2) is 7.26. The predicted molar refractivity (Wildman–Crippen MR) is 114 cm³/mol. The third-order valence-electron chi connectivity index (χ3n) is 5.60. The Bertz CT molecular complexity index is 1190. The minimum absolute atomic E-state index is 0.0266. The monoisotopic (exact) mass is 398 g/mol. The summed E-state index contributed by atoms with van der Waals surface area (Å²) in [5.41, 5.74) is 3.29. The number of fused-ring (bicyclic) bond motifs is 1. The van der Waals surface area contributed by atoms with Crippen LogP contribution in [0.3, 0.4) is 0 Å². The summed E-state index contributed by atoms with van der Waals surface area (Å²) in [6.45, 7) is 0.618. The van der Waals surface area contributed by atoms with E-state index in [1.54, 1.807) is 18.2 Å². The molecule has 5 heteroatoms. The van der Waals surface area contributed by atoms with E-state index in [-0.39, 0.29) is 5.69 Å². The van der Waals surface area contributed by atoms with Crippen molar-refractivity contribution in [2.45, 2.75) is 12.8 Å². The van der Waals surface area contributed by atoms with Gasteiger partial charge in [-0.15, -0.1) is 0 Å². The Hall–Kier alpha value is -3.73. The minimum atomic E-state index is -0.605. The number of hydrogen-bond donors (Lipinski definition) is 0. The van der Waals surface area contributed by atoms with E-state index in [0.717, 1.165) is 29.0 Å². The summed E-state index contributed by atoms with van der Waals surface area (Å²) in [4.78, 5) is 30.0. The summed E-state index contributed by atoms with van der Waals surface area (Å²) in [6, 6.07) is 22.9. The molecular weight excluding hydrogens is 379 g/mol. The number of benzene rings is 3. The van der Waals surface area contributed by atoms with E-state index in [9.17, 15) is 14.0 Å². The second-order valence-corrected chi connectivity index (χ2v) is 7.37. The first-order valence-corrected chi connectivity index (χ1v) is 9.95. The number of carbonyl (C=O) groups excluding carboxylic acids is 2. The lowest BCUT2D eigenvalue weighted by molar-refractivity contribution is -0.120. The SMILES string of the molecule is O=C1C(c2ccccc2)=C(N2CCCc3ccccc32)C(=O)N1c1ccccc1F. The average molecular weight is 398 g/mol. The normalized spacial score (nSPS) is 16.3. The molecule has 0 spiro atoms. The molecule has 0 atom stereocenters. The molecule has 0 bridgehead atoms. The highest BCUT2D eigenvalue weighted by molar-refractivity contribution is 6.46. The first kappa shape index (κ1) is 18.3. The van der Waals surface area contributed by atoms with Crippen LogP contribution in [0.2, 0.25) is 0 Å². The predicted octanol–water partition coefficient (Wildman–Crippen LogP) is 4.56. The van der Waals surface area contributed by atoms with E-state index in [1.165, 1.54) is 18.2 Å². The highest BCUT2D eigenvalue weighted by atomic mass is 19.1. The summed E-state index contributed by atoms with van der Waals surface area (Å²) in [7, 11) is 0. The van der Waals surface area contributed by atoms with Crippen LogP contribution >= 0.6 is 0 Å². The number of amides is 2. The first-order valence-electron chi connectivity index (χ1n) is 9.95. The zero-order valence-electron chi connectivity index (χ0n) is 16.2. The van der Waals surface area contributed by atoms with Crippen LogP contribution in [-0.4, -0.2) is 18.4 Å². The summed E-state index contributed by atoms with van der Waals surface area (Å²) < 4.78 is 14.5. The number of nitrogens with zero attached hydrogens (tertiary/aromatic N) is 2. The van der Waals surface area contributed by atoms with E-state index in [1.807, 2.05) is 47.4 Å². The van der Waals surface area contributed by atoms with Crippen molar-refractivity contribution in [3.8, 4) is 0 Å². The molecule has 30 heavy (non-hydrogen) atoms. The van der Waals surface area contributed by atoms with Gasteiger partial charge in [0.15, 0.2) is 0 Å². The Morgan fingerprint density at radius 1 is 0.733 bits per heavy atom. The van der Waals surface area contributed by atoms with Crippen molar-refractivity contribution >= 4 is 28.8 Å². The number of rotatable bonds is 3. The van der Waals surface area contributed by atoms with Gasteiger partial charge in [0.1, 0.15) is 11.5 Å². The summed E-state index contributed by atoms with van der Waals surface area (Å²) >= 11 is 0. The zero-order chi connectivity index (χ0) is 20.7. The number of hydrogen-bond acceptors (Lipinski definition) is 3. The smallest absolute Gasteiger partial charge is 0.282 e. The lowest BCUT2D eigenvalue weighted by Crippen LogP contribution is -2.37. The standard InChI is InChI=1S/C25H19FN2O2/c26-19-13-5-7-15-21(19)28-24(29)22(18-10-2-1-3-11-18)23(25(28)30)27-16-8-12-17-9-4-6-14-20(17)27/h1-7,9-11,13-15H,8,12,16H2. The quantitative estimate of drug-likeness (QED) is 0.607. The number of aryl methyl sites for hydroxylation is 1. The van der Waals surface area contributed by atoms with E-state index in [0.29, 0.717) is 23.4 Å². The van der Waals surface area contributed by atoms with E-state index >= 15 is 0 Å². The van der Waals surface area contributed by atoms with Crippen LogP contribution in [0.1, 0.15) is 17.5 Å². The van der Waals surface area contributed by atoms with Crippen molar-refractivity contribution in [3.63, 3.8) is 0 Å². The largest absolute Gasteiger partial charge is 0.336 e. The molecule has 0 N–H and O–H groups in total. The summed E-state index contributed by atoms with van der Waals surface area (Å²) in [5, 5.41) is 0. The fraction of sp³-hybridized carbons (Fsp3) is 0.120. The molecule has 0 unspecified atom stereocenters. The van der Waals surface area contributed by atoms with Crippen molar-refractivity contribution in [1.82, 2.24) is 0 Å². The molecule has 0 fully saturated rings. The Morgan fingerprint density at radius 2 is 1.40 bits per heavy atom. The minimum Gasteiger partial charge on any atom is -0.336 e. The fourth-order valence-corrected chi connectivity index (χ4v) is 4.25. The molecule has 0 aliphatic carbocycles. The second-order valence-electron chi connectivity index (χ2n) is 7.37. The van der Waals surface area contributed by atoms with Crippen molar-refractivity contribution in [2.24, 2.45) is 0 Å². The molecule has 3 aromatic carbocycles. The molecule has 0 saturated carbocycles. The lowest BCUT2D eigenvalue weighted by Gasteiger charge is -2.32. The maximum atomic E-state index is 14.5.